The van der Waals surface area contributed by atoms with Crippen LogP contribution in [0.4, 0.5) is 0 Å². The number of para-hydroxylation sites is 1. The summed E-state index contributed by atoms with van der Waals surface area (Å²) >= 11 is 0. The van der Waals surface area contributed by atoms with E-state index in [-0.39, 0.29) is 5.69 Å². The van der Waals surface area contributed by atoms with E-state index in [1.165, 1.54) is 0 Å². The molecule has 0 N–H and O–H groups in total. The van der Waals surface area contributed by atoms with Crippen molar-refractivity contribution in [2.75, 3.05) is 0 Å². The Morgan fingerprint density at radius 3 is 2.29 bits per heavy atom. The van der Waals surface area contributed by atoms with Crippen LogP contribution in [-0.2, 0) is 0 Å². The molecule has 3 rings (SSSR count). The first-order chi connectivity index (χ1) is 10.2. The molecule has 2 aromatic carbocycles. The van der Waals surface area contributed by atoms with Gasteiger partial charge in [0.25, 0.3) is 0 Å². The smallest absolute Gasteiger partial charge is 0.366 e. The fraction of sp³-hybridized carbons (Fsp3) is 0.0588. The van der Waals surface area contributed by atoms with Crippen LogP contribution in [0, 0.1) is 6.92 Å². The van der Waals surface area contributed by atoms with Crippen LogP contribution in [0.2, 0.25) is 0 Å². The Balaban J connectivity index is 1.86. The van der Waals surface area contributed by atoms with Gasteiger partial charge >= 0.3 is 5.97 Å². The fourth-order valence-corrected chi connectivity index (χ4v) is 1.93. The number of benzene rings is 2. The zero-order valence-corrected chi connectivity index (χ0v) is 11.4. The van der Waals surface area contributed by atoms with Gasteiger partial charge in [-0.15, -0.1) is 0 Å². The number of rotatable bonds is 3. The quantitative estimate of drug-likeness (QED) is 0.539. The molecule has 104 valence electrons. The van der Waals surface area contributed by atoms with Gasteiger partial charge < -0.3 is 9.15 Å². The van der Waals surface area contributed by atoms with Crippen LogP contribution in [0.5, 0.6) is 5.75 Å². The van der Waals surface area contributed by atoms with Crippen molar-refractivity contribution in [2.45, 2.75) is 6.92 Å². The normalized spacial score (nSPS) is 10.3. The van der Waals surface area contributed by atoms with Crippen molar-refractivity contribution in [1.82, 2.24) is 4.98 Å². The topological polar surface area (TPSA) is 52.3 Å². The zero-order chi connectivity index (χ0) is 14.7. The standard InChI is InChI=1S/C17H13NO3/c1-12-15(17(19)21-14-10-6-3-7-11-14)18-16(20-12)13-8-4-2-5-9-13/h2-11H,1H3. The summed E-state index contributed by atoms with van der Waals surface area (Å²) in [5.74, 6) is 0.804. The van der Waals surface area contributed by atoms with Gasteiger partial charge in [-0.2, -0.15) is 0 Å². The van der Waals surface area contributed by atoms with Crippen LogP contribution in [-0.4, -0.2) is 11.0 Å². The molecule has 4 nitrogen and oxygen atoms in total. The fourth-order valence-electron chi connectivity index (χ4n) is 1.93. The number of oxazole rings is 1. The molecule has 0 aliphatic carbocycles. The van der Waals surface area contributed by atoms with E-state index in [1.54, 1.807) is 31.2 Å². The van der Waals surface area contributed by atoms with E-state index in [2.05, 4.69) is 4.98 Å². The van der Waals surface area contributed by atoms with Crippen LogP contribution in [0.15, 0.2) is 65.1 Å². The van der Waals surface area contributed by atoms with Crippen molar-refractivity contribution in [3.05, 3.63) is 72.1 Å². The number of carbonyl (C=O) groups excluding carboxylic acids is 1. The molecule has 3 aromatic rings. The molecule has 21 heavy (non-hydrogen) atoms. The van der Waals surface area contributed by atoms with Gasteiger partial charge in [0.1, 0.15) is 11.5 Å². The van der Waals surface area contributed by atoms with E-state index in [1.807, 2.05) is 36.4 Å². The van der Waals surface area contributed by atoms with E-state index >= 15 is 0 Å². The summed E-state index contributed by atoms with van der Waals surface area (Å²) in [4.78, 5) is 16.4. The minimum Gasteiger partial charge on any atom is -0.441 e. The van der Waals surface area contributed by atoms with E-state index in [4.69, 9.17) is 9.15 Å². The second-order valence-corrected chi connectivity index (χ2v) is 4.49. The lowest BCUT2D eigenvalue weighted by atomic mass is 10.2. The predicted molar refractivity (Wildman–Crippen MR) is 78.1 cm³/mol. The monoisotopic (exact) mass is 279 g/mol. The average Bonchev–Trinajstić information content (AvgIpc) is 2.91. The molecule has 1 heterocycles. The number of nitrogens with zero attached hydrogens (tertiary/aromatic N) is 1. The molecule has 0 amide bonds. The highest BCUT2D eigenvalue weighted by Gasteiger charge is 2.19. The molecule has 1 aromatic heterocycles. The van der Waals surface area contributed by atoms with Crippen molar-refractivity contribution in [1.29, 1.82) is 0 Å². The molecule has 0 radical (unpaired) electrons. The van der Waals surface area contributed by atoms with Gasteiger partial charge in [-0.25, -0.2) is 9.78 Å². The Bertz CT molecular complexity index is 748. The van der Waals surface area contributed by atoms with Gasteiger partial charge in [0.2, 0.25) is 5.89 Å². The SMILES string of the molecule is Cc1oc(-c2ccccc2)nc1C(=O)Oc1ccccc1. The van der Waals surface area contributed by atoms with Crippen molar-refractivity contribution in [3.8, 4) is 17.2 Å². The summed E-state index contributed by atoms with van der Waals surface area (Å²) < 4.78 is 10.8. The molecular weight excluding hydrogens is 266 g/mol. The van der Waals surface area contributed by atoms with Crippen LogP contribution < -0.4 is 4.74 Å². The van der Waals surface area contributed by atoms with E-state index < -0.39 is 5.97 Å². The summed E-state index contributed by atoms with van der Waals surface area (Å²) in [5.41, 5.74) is 1.01. The maximum atomic E-state index is 12.1. The number of esters is 1. The molecule has 4 heteroatoms. The molecular formula is C17H13NO3. The molecule has 0 fully saturated rings. The first kappa shape index (κ1) is 13.1. The van der Waals surface area contributed by atoms with Crippen LogP contribution in [0.25, 0.3) is 11.5 Å². The first-order valence-electron chi connectivity index (χ1n) is 6.54. The number of hydrogen-bond acceptors (Lipinski definition) is 4. The maximum Gasteiger partial charge on any atom is 0.366 e. The molecule has 0 aliphatic rings. The second kappa shape index (κ2) is 5.63. The Morgan fingerprint density at radius 2 is 1.62 bits per heavy atom. The Morgan fingerprint density at radius 1 is 1.00 bits per heavy atom. The summed E-state index contributed by atoms with van der Waals surface area (Å²) in [5, 5.41) is 0. The summed E-state index contributed by atoms with van der Waals surface area (Å²) in [6.45, 7) is 1.70. The first-order valence-corrected chi connectivity index (χ1v) is 6.54. The summed E-state index contributed by atoms with van der Waals surface area (Å²) in [6, 6.07) is 18.3. The summed E-state index contributed by atoms with van der Waals surface area (Å²) in [6.07, 6.45) is 0. The highest BCUT2D eigenvalue weighted by atomic mass is 16.5. The molecule has 0 unspecified atom stereocenters. The predicted octanol–water partition coefficient (Wildman–Crippen LogP) is 3.87. The molecule has 0 atom stereocenters. The number of aromatic nitrogens is 1. The maximum absolute atomic E-state index is 12.1. The van der Waals surface area contributed by atoms with Crippen LogP contribution >= 0.6 is 0 Å². The van der Waals surface area contributed by atoms with E-state index in [0.29, 0.717) is 17.4 Å². The lowest BCUT2D eigenvalue weighted by Crippen LogP contribution is -2.10. The van der Waals surface area contributed by atoms with Crippen molar-refractivity contribution < 1.29 is 13.9 Å². The highest BCUT2D eigenvalue weighted by molar-refractivity contribution is 5.90. The number of aryl methyl sites for hydroxylation is 1. The van der Waals surface area contributed by atoms with Gasteiger partial charge in [0.05, 0.1) is 0 Å². The van der Waals surface area contributed by atoms with Gasteiger partial charge in [-0.3, -0.25) is 0 Å². The van der Waals surface area contributed by atoms with Crippen molar-refractivity contribution in [2.24, 2.45) is 0 Å². The third-order valence-corrected chi connectivity index (χ3v) is 2.96. The highest BCUT2D eigenvalue weighted by Crippen LogP contribution is 2.22. The lowest BCUT2D eigenvalue weighted by Gasteiger charge is -2.01. The number of carbonyl (C=O) groups is 1. The number of hydrogen-bond donors (Lipinski definition) is 0. The van der Waals surface area contributed by atoms with E-state index in [0.717, 1.165) is 5.56 Å². The van der Waals surface area contributed by atoms with Crippen molar-refractivity contribution in [3.63, 3.8) is 0 Å². The Labute approximate surface area is 122 Å². The van der Waals surface area contributed by atoms with Crippen molar-refractivity contribution >= 4 is 5.97 Å². The molecule has 0 saturated heterocycles. The second-order valence-electron chi connectivity index (χ2n) is 4.49. The van der Waals surface area contributed by atoms with E-state index in [9.17, 15) is 4.79 Å². The van der Waals surface area contributed by atoms with Gasteiger partial charge in [0.15, 0.2) is 5.69 Å². The van der Waals surface area contributed by atoms with Gasteiger partial charge in [-0.05, 0) is 31.2 Å². The molecule has 0 saturated carbocycles. The number of ether oxygens (including phenoxy) is 1. The molecule has 0 spiro atoms. The zero-order valence-electron chi connectivity index (χ0n) is 11.4. The minimum absolute atomic E-state index is 0.192. The largest absolute Gasteiger partial charge is 0.441 e. The molecule has 0 bridgehead atoms. The Kier molecular flexibility index (Phi) is 3.51. The van der Waals surface area contributed by atoms with Crippen LogP contribution in [0.3, 0.4) is 0 Å². The van der Waals surface area contributed by atoms with Gasteiger partial charge in [-0.1, -0.05) is 36.4 Å². The third kappa shape index (κ3) is 2.84. The lowest BCUT2D eigenvalue weighted by molar-refractivity contribution is 0.0727. The minimum atomic E-state index is -0.523. The molecule has 0 aliphatic heterocycles. The van der Waals surface area contributed by atoms with Crippen LogP contribution in [0.1, 0.15) is 16.2 Å². The van der Waals surface area contributed by atoms with Gasteiger partial charge in [0, 0.05) is 5.56 Å². The average molecular weight is 279 g/mol. The Hall–Kier alpha value is -2.88. The third-order valence-electron chi connectivity index (χ3n) is 2.96. The summed E-state index contributed by atoms with van der Waals surface area (Å²) in [7, 11) is 0.